The molecule has 0 fully saturated rings. The molecule has 0 aliphatic carbocycles. The number of carbonyl (C=O) groups is 1. The van der Waals surface area contributed by atoms with Gasteiger partial charge in [0.15, 0.2) is 11.5 Å². The zero-order valence-corrected chi connectivity index (χ0v) is 17.7. The fourth-order valence-corrected chi connectivity index (χ4v) is 3.12. The minimum atomic E-state index is -0.191. The highest BCUT2D eigenvalue weighted by atomic mass is 35.5. The fraction of sp³-hybridized carbons (Fsp3) is 0.261. The molecule has 0 radical (unpaired) electrons. The minimum absolute atomic E-state index is 0.191. The van der Waals surface area contributed by atoms with Crippen molar-refractivity contribution < 1.29 is 23.1 Å². The summed E-state index contributed by atoms with van der Waals surface area (Å²) >= 11 is 6.36. The van der Waals surface area contributed by atoms with Crippen LogP contribution in [0.25, 0.3) is 6.08 Å². The summed E-state index contributed by atoms with van der Waals surface area (Å²) in [7, 11) is 1.55. The van der Waals surface area contributed by atoms with Gasteiger partial charge in [0.2, 0.25) is 5.91 Å². The molecule has 6 nitrogen and oxygen atoms in total. The summed E-state index contributed by atoms with van der Waals surface area (Å²) < 4.78 is 21.8. The zero-order chi connectivity index (χ0) is 21.3. The van der Waals surface area contributed by atoms with Crippen LogP contribution in [-0.4, -0.2) is 24.5 Å². The van der Waals surface area contributed by atoms with Gasteiger partial charge in [0.05, 0.1) is 44.4 Å². The number of rotatable bonds is 10. The number of furan rings is 2. The Morgan fingerprint density at radius 3 is 2.33 bits per heavy atom. The summed E-state index contributed by atoms with van der Waals surface area (Å²) in [5.74, 6) is 2.20. The number of ether oxygens (including phenoxy) is 2. The molecular weight excluding hydrogens is 406 g/mol. The van der Waals surface area contributed by atoms with E-state index in [1.807, 2.05) is 19.1 Å². The number of hydrogen-bond donors (Lipinski definition) is 0. The molecule has 1 amide bonds. The van der Waals surface area contributed by atoms with Crippen LogP contribution in [0.5, 0.6) is 11.5 Å². The number of methoxy groups -OCH3 is 1. The summed E-state index contributed by atoms with van der Waals surface area (Å²) in [5, 5.41) is 0.429. The Labute approximate surface area is 180 Å². The SMILES string of the molecule is CCCOc1c(Cl)cc(/C=C/C(=O)N(Cc2ccco2)Cc2ccco2)cc1OC. The van der Waals surface area contributed by atoms with Crippen LogP contribution in [0.4, 0.5) is 0 Å². The fourth-order valence-electron chi connectivity index (χ4n) is 2.85. The van der Waals surface area contributed by atoms with Gasteiger partial charge in [-0.2, -0.15) is 0 Å². The zero-order valence-electron chi connectivity index (χ0n) is 17.0. The Kier molecular flexibility index (Phi) is 7.63. The topological polar surface area (TPSA) is 65.0 Å². The molecule has 0 bridgehead atoms. The van der Waals surface area contributed by atoms with E-state index in [0.29, 0.717) is 47.7 Å². The quantitative estimate of drug-likeness (QED) is 0.394. The van der Waals surface area contributed by atoms with E-state index in [1.165, 1.54) is 6.08 Å². The van der Waals surface area contributed by atoms with Gasteiger partial charge < -0.3 is 23.2 Å². The Balaban J connectivity index is 1.77. The molecule has 0 atom stereocenters. The number of nitrogens with zero attached hydrogens (tertiary/aromatic N) is 1. The largest absolute Gasteiger partial charge is 0.493 e. The standard InChI is InChI=1S/C23H24ClNO5/c1-3-10-30-23-20(24)13-17(14-21(23)27-2)8-9-22(26)25(15-18-6-4-11-28-18)16-19-7-5-12-29-19/h4-9,11-14H,3,10,15-16H2,1-2H3/b9-8+. The average Bonchev–Trinajstić information content (AvgIpc) is 3.44. The molecule has 7 heteroatoms. The molecule has 0 N–H and O–H groups in total. The first-order chi connectivity index (χ1) is 14.6. The molecule has 3 aromatic rings. The van der Waals surface area contributed by atoms with Crippen molar-refractivity contribution in [2.24, 2.45) is 0 Å². The summed E-state index contributed by atoms with van der Waals surface area (Å²) in [6, 6.07) is 10.7. The minimum Gasteiger partial charge on any atom is -0.493 e. The van der Waals surface area contributed by atoms with Crippen molar-refractivity contribution in [3.63, 3.8) is 0 Å². The maximum Gasteiger partial charge on any atom is 0.247 e. The van der Waals surface area contributed by atoms with Crippen LogP contribution < -0.4 is 9.47 Å². The first-order valence-electron chi connectivity index (χ1n) is 9.62. The van der Waals surface area contributed by atoms with Gasteiger partial charge in [0.1, 0.15) is 11.5 Å². The van der Waals surface area contributed by atoms with Crippen molar-refractivity contribution in [3.05, 3.63) is 77.1 Å². The smallest absolute Gasteiger partial charge is 0.247 e. The van der Waals surface area contributed by atoms with Gasteiger partial charge >= 0.3 is 0 Å². The number of halogens is 1. The molecule has 0 spiro atoms. The van der Waals surface area contributed by atoms with Crippen LogP contribution >= 0.6 is 11.6 Å². The molecule has 1 aromatic carbocycles. The molecule has 30 heavy (non-hydrogen) atoms. The molecule has 0 aliphatic rings. The molecule has 2 aromatic heterocycles. The van der Waals surface area contributed by atoms with Gasteiger partial charge in [0.25, 0.3) is 0 Å². The molecule has 2 heterocycles. The Morgan fingerprint density at radius 1 is 1.13 bits per heavy atom. The first-order valence-corrected chi connectivity index (χ1v) is 10.0. The second-order valence-electron chi connectivity index (χ2n) is 6.57. The molecule has 0 aliphatic heterocycles. The number of carbonyl (C=O) groups excluding carboxylic acids is 1. The van der Waals surface area contributed by atoms with Crippen molar-refractivity contribution in [2.45, 2.75) is 26.4 Å². The van der Waals surface area contributed by atoms with Crippen LogP contribution in [0.1, 0.15) is 30.4 Å². The van der Waals surface area contributed by atoms with E-state index >= 15 is 0 Å². The van der Waals surface area contributed by atoms with E-state index in [1.54, 1.807) is 54.9 Å². The second-order valence-corrected chi connectivity index (χ2v) is 6.98. The number of benzene rings is 1. The summed E-state index contributed by atoms with van der Waals surface area (Å²) in [4.78, 5) is 14.5. The van der Waals surface area contributed by atoms with Gasteiger partial charge in [-0.3, -0.25) is 4.79 Å². The van der Waals surface area contributed by atoms with Crippen LogP contribution in [-0.2, 0) is 17.9 Å². The lowest BCUT2D eigenvalue weighted by Crippen LogP contribution is -2.28. The lowest BCUT2D eigenvalue weighted by atomic mass is 10.1. The van der Waals surface area contributed by atoms with Crippen molar-refractivity contribution >= 4 is 23.6 Å². The van der Waals surface area contributed by atoms with Gasteiger partial charge in [-0.25, -0.2) is 0 Å². The normalized spacial score (nSPS) is 11.0. The van der Waals surface area contributed by atoms with Gasteiger partial charge in [-0.15, -0.1) is 0 Å². The predicted octanol–water partition coefficient (Wildman–Crippen LogP) is 5.57. The maximum atomic E-state index is 12.9. The molecule has 0 saturated heterocycles. The molecule has 0 unspecified atom stereocenters. The molecule has 3 rings (SSSR count). The van der Waals surface area contributed by atoms with Crippen LogP contribution in [0.2, 0.25) is 5.02 Å². The summed E-state index contributed by atoms with van der Waals surface area (Å²) in [6.45, 7) is 3.20. The molecule has 0 saturated carbocycles. The predicted molar refractivity (Wildman–Crippen MR) is 114 cm³/mol. The van der Waals surface area contributed by atoms with E-state index in [2.05, 4.69) is 0 Å². The van der Waals surface area contributed by atoms with E-state index in [9.17, 15) is 4.79 Å². The Morgan fingerprint density at radius 2 is 1.80 bits per heavy atom. The monoisotopic (exact) mass is 429 g/mol. The average molecular weight is 430 g/mol. The van der Waals surface area contributed by atoms with Crippen LogP contribution in [0.3, 0.4) is 0 Å². The van der Waals surface area contributed by atoms with Gasteiger partial charge in [-0.1, -0.05) is 18.5 Å². The number of hydrogen-bond acceptors (Lipinski definition) is 5. The Bertz CT molecular complexity index is 928. The van der Waals surface area contributed by atoms with Crippen molar-refractivity contribution in [2.75, 3.05) is 13.7 Å². The van der Waals surface area contributed by atoms with E-state index in [0.717, 1.165) is 12.0 Å². The van der Waals surface area contributed by atoms with Crippen molar-refractivity contribution in [1.29, 1.82) is 0 Å². The van der Waals surface area contributed by atoms with E-state index in [-0.39, 0.29) is 5.91 Å². The second kappa shape index (κ2) is 10.6. The highest BCUT2D eigenvalue weighted by Crippen LogP contribution is 2.36. The van der Waals surface area contributed by atoms with Crippen molar-refractivity contribution in [1.82, 2.24) is 4.90 Å². The summed E-state index contributed by atoms with van der Waals surface area (Å²) in [5.41, 5.74) is 0.727. The lowest BCUT2D eigenvalue weighted by molar-refractivity contribution is -0.127. The Hall–Kier alpha value is -3.12. The summed E-state index contributed by atoms with van der Waals surface area (Å²) in [6.07, 6.45) is 7.20. The number of amides is 1. The molecule has 158 valence electrons. The third-order valence-corrected chi connectivity index (χ3v) is 4.57. The highest BCUT2D eigenvalue weighted by molar-refractivity contribution is 6.32. The van der Waals surface area contributed by atoms with Gasteiger partial charge in [0, 0.05) is 6.08 Å². The van der Waals surface area contributed by atoms with E-state index < -0.39 is 0 Å². The highest BCUT2D eigenvalue weighted by Gasteiger charge is 2.16. The maximum absolute atomic E-state index is 12.9. The van der Waals surface area contributed by atoms with E-state index in [4.69, 9.17) is 29.9 Å². The van der Waals surface area contributed by atoms with Crippen LogP contribution in [0, 0.1) is 0 Å². The van der Waals surface area contributed by atoms with Gasteiger partial charge in [-0.05, 0) is 54.5 Å². The third-order valence-electron chi connectivity index (χ3n) is 4.29. The lowest BCUT2D eigenvalue weighted by Gasteiger charge is -2.19. The van der Waals surface area contributed by atoms with Crippen molar-refractivity contribution in [3.8, 4) is 11.5 Å². The molecular formula is C23H24ClNO5. The third kappa shape index (κ3) is 5.70. The van der Waals surface area contributed by atoms with Crippen LogP contribution in [0.15, 0.2) is 63.8 Å². The first kappa shape index (κ1) is 21.6.